The number of benzene rings is 1. The minimum absolute atomic E-state index is 0.667. The van der Waals surface area contributed by atoms with Crippen molar-refractivity contribution in [2.75, 3.05) is 0 Å². The topological polar surface area (TPSA) is 0 Å². The first-order valence-corrected chi connectivity index (χ1v) is 5.47. The van der Waals surface area contributed by atoms with Crippen molar-refractivity contribution in [3.05, 3.63) is 34.9 Å². The Bertz CT molecular complexity index is 345. The van der Waals surface area contributed by atoms with Crippen LogP contribution in [0.15, 0.2) is 18.2 Å². The lowest BCUT2D eigenvalue weighted by atomic mass is 9.96. The first-order valence-electron chi connectivity index (χ1n) is 5.47. The van der Waals surface area contributed by atoms with Crippen molar-refractivity contribution in [2.45, 2.75) is 44.4 Å². The summed E-state index contributed by atoms with van der Waals surface area (Å²) in [6, 6.07) is 6.93. The average molecular weight is 172 g/mol. The van der Waals surface area contributed by atoms with Crippen molar-refractivity contribution in [3.63, 3.8) is 0 Å². The van der Waals surface area contributed by atoms with Crippen molar-refractivity contribution in [1.29, 1.82) is 0 Å². The minimum Gasteiger partial charge on any atom is -0.0617 e. The highest BCUT2D eigenvalue weighted by atomic mass is 14.5. The van der Waals surface area contributed by atoms with Crippen LogP contribution in [0.4, 0.5) is 0 Å². The van der Waals surface area contributed by atoms with Gasteiger partial charge in [-0.25, -0.2) is 0 Å². The molecule has 2 aliphatic rings. The van der Waals surface area contributed by atoms with Crippen LogP contribution in [-0.4, -0.2) is 0 Å². The van der Waals surface area contributed by atoms with E-state index in [1.54, 1.807) is 16.7 Å². The van der Waals surface area contributed by atoms with Crippen molar-refractivity contribution in [1.82, 2.24) is 0 Å². The molecule has 0 N–H and O–H groups in total. The molecule has 1 spiro atoms. The number of hydrogen-bond acceptors (Lipinski definition) is 0. The van der Waals surface area contributed by atoms with Gasteiger partial charge in [-0.15, -0.1) is 0 Å². The maximum absolute atomic E-state index is 2.37. The van der Waals surface area contributed by atoms with E-state index in [9.17, 15) is 0 Å². The van der Waals surface area contributed by atoms with Gasteiger partial charge in [0.1, 0.15) is 0 Å². The van der Waals surface area contributed by atoms with Crippen molar-refractivity contribution in [2.24, 2.45) is 0 Å². The fourth-order valence-corrected chi connectivity index (χ4v) is 2.93. The van der Waals surface area contributed by atoms with Gasteiger partial charge >= 0.3 is 0 Å². The summed E-state index contributed by atoms with van der Waals surface area (Å²) in [5.41, 5.74) is 5.66. The van der Waals surface area contributed by atoms with Gasteiger partial charge in [0.2, 0.25) is 0 Å². The molecule has 68 valence electrons. The quantitative estimate of drug-likeness (QED) is 0.610. The van der Waals surface area contributed by atoms with E-state index in [0.717, 1.165) is 0 Å². The number of fused-ring (bicyclic) bond motifs is 2. The van der Waals surface area contributed by atoms with Crippen LogP contribution in [-0.2, 0) is 18.3 Å². The van der Waals surface area contributed by atoms with Gasteiger partial charge in [-0.3, -0.25) is 0 Å². The highest BCUT2D eigenvalue weighted by Gasteiger charge is 2.48. The molecule has 0 amide bonds. The summed E-state index contributed by atoms with van der Waals surface area (Å²) < 4.78 is 0. The van der Waals surface area contributed by atoms with Gasteiger partial charge in [0.05, 0.1) is 0 Å². The molecule has 0 nitrogen and oxygen atoms in total. The van der Waals surface area contributed by atoms with Crippen molar-refractivity contribution >= 4 is 0 Å². The standard InChI is InChI=1S/C13H16/c1-2-10-4-3-5-12-11(10)6-7-13(12)8-9-13/h3-5H,2,6-9H2,1H3. The first kappa shape index (κ1) is 7.61. The largest absolute Gasteiger partial charge is 0.0617 e. The van der Waals surface area contributed by atoms with Crippen LogP contribution < -0.4 is 0 Å². The Morgan fingerprint density at radius 1 is 1.23 bits per heavy atom. The van der Waals surface area contributed by atoms with E-state index in [0.29, 0.717) is 5.41 Å². The third-order valence-electron chi connectivity index (χ3n) is 3.93. The molecule has 0 bridgehead atoms. The van der Waals surface area contributed by atoms with Gasteiger partial charge in [-0.1, -0.05) is 25.1 Å². The predicted molar refractivity (Wildman–Crippen MR) is 55.1 cm³/mol. The van der Waals surface area contributed by atoms with E-state index in [4.69, 9.17) is 0 Å². The molecule has 1 saturated carbocycles. The average Bonchev–Trinajstić information content (AvgIpc) is 2.85. The van der Waals surface area contributed by atoms with Gasteiger partial charge in [0.25, 0.3) is 0 Å². The molecule has 1 aromatic rings. The fraction of sp³-hybridized carbons (Fsp3) is 0.538. The monoisotopic (exact) mass is 172 g/mol. The lowest BCUT2D eigenvalue weighted by molar-refractivity contribution is 0.681. The van der Waals surface area contributed by atoms with Gasteiger partial charge < -0.3 is 0 Å². The molecule has 1 aromatic carbocycles. The van der Waals surface area contributed by atoms with Gasteiger partial charge in [-0.05, 0) is 54.2 Å². The molecule has 0 heteroatoms. The molecular weight excluding hydrogens is 156 g/mol. The molecule has 3 rings (SSSR count). The molecule has 1 fully saturated rings. The Morgan fingerprint density at radius 2 is 2.08 bits per heavy atom. The Morgan fingerprint density at radius 3 is 2.77 bits per heavy atom. The van der Waals surface area contributed by atoms with Gasteiger partial charge in [0.15, 0.2) is 0 Å². The molecule has 0 radical (unpaired) electrons. The van der Waals surface area contributed by atoms with Crippen LogP contribution >= 0.6 is 0 Å². The lowest BCUT2D eigenvalue weighted by Crippen LogP contribution is -1.99. The predicted octanol–water partition coefficient (Wildman–Crippen LogP) is 3.23. The maximum atomic E-state index is 2.37. The molecule has 0 saturated heterocycles. The zero-order chi connectivity index (χ0) is 8.89. The third-order valence-corrected chi connectivity index (χ3v) is 3.93. The van der Waals surface area contributed by atoms with Crippen molar-refractivity contribution < 1.29 is 0 Å². The Balaban J connectivity index is 2.17. The maximum Gasteiger partial charge on any atom is -0.00403 e. The summed E-state index contributed by atoms with van der Waals surface area (Å²) in [6.45, 7) is 2.27. The SMILES string of the molecule is CCc1cccc2c1CCC21CC1. The van der Waals surface area contributed by atoms with E-state index < -0.39 is 0 Å². The molecule has 0 aliphatic heterocycles. The zero-order valence-corrected chi connectivity index (χ0v) is 8.27. The molecule has 13 heavy (non-hydrogen) atoms. The van der Waals surface area contributed by atoms with Crippen LogP contribution in [0.25, 0.3) is 0 Å². The summed E-state index contributed by atoms with van der Waals surface area (Å²) >= 11 is 0. The summed E-state index contributed by atoms with van der Waals surface area (Å²) in [7, 11) is 0. The zero-order valence-electron chi connectivity index (χ0n) is 8.27. The second-order valence-electron chi connectivity index (χ2n) is 4.58. The van der Waals surface area contributed by atoms with E-state index in [1.165, 1.54) is 32.1 Å². The van der Waals surface area contributed by atoms with Crippen LogP contribution in [0.5, 0.6) is 0 Å². The Kier molecular flexibility index (Phi) is 1.39. The van der Waals surface area contributed by atoms with E-state index in [2.05, 4.69) is 25.1 Å². The number of aryl methyl sites for hydroxylation is 1. The fourth-order valence-electron chi connectivity index (χ4n) is 2.93. The van der Waals surface area contributed by atoms with E-state index in [-0.39, 0.29) is 0 Å². The number of rotatable bonds is 1. The summed E-state index contributed by atoms with van der Waals surface area (Å²) in [6.07, 6.45) is 6.89. The van der Waals surface area contributed by atoms with Crippen LogP contribution in [0.1, 0.15) is 42.9 Å². The number of hydrogen-bond donors (Lipinski definition) is 0. The molecular formula is C13H16. The van der Waals surface area contributed by atoms with E-state index >= 15 is 0 Å². The first-order chi connectivity index (χ1) is 6.36. The highest BCUT2D eigenvalue weighted by Crippen LogP contribution is 2.57. The molecule has 0 heterocycles. The second-order valence-corrected chi connectivity index (χ2v) is 4.58. The van der Waals surface area contributed by atoms with Gasteiger partial charge in [-0.2, -0.15) is 0 Å². The lowest BCUT2D eigenvalue weighted by Gasteiger charge is -2.09. The van der Waals surface area contributed by atoms with Crippen molar-refractivity contribution in [3.8, 4) is 0 Å². The van der Waals surface area contributed by atoms with Gasteiger partial charge in [0, 0.05) is 0 Å². The molecule has 0 atom stereocenters. The van der Waals surface area contributed by atoms with Crippen LogP contribution in [0.2, 0.25) is 0 Å². The van der Waals surface area contributed by atoms with Crippen LogP contribution in [0, 0.1) is 0 Å². The summed E-state index contributed by atoms with van der Waals surface area (Å²) in [4.78, 5) is 0. The molecule has 0 unspecified atom stereocenters. The minimum atomic E-state index is 0.667. The van der Waals surface area contributed by atoms with Crippen LogP contribution in [0.3, 0.4) is 0 Å². The molecule has 0 aromatic heterocycles. The van der Waals surface area contributed by atoms with E-state index in [1.807, 2.05) is 0 Å². The Labute approximate surface area is 80.0 Å². The second kappa shape index (κ2) is 2.37. The third kappa shape index (κ3) is 0.919. The smallest absolute Gasteiger partial charge is 0.00403 e. The highest BCUT2D eigenvalue weighted by molar-refractivity contribution is 5.47. The summed E-state index contributed by atoms with van der Waals surface area (Å²) in [5.74, 6) is 0. The summed E-state index contributed by atoms with van der Waals surface area (Å²) in [5, 5.41) is 0. The Hall–Kier alpha value is -0.780. The molecule has 2 aliphatic carbocycles. The normalized spacial score (nSPS) is 21.9.